The van der Waals surface area contributed by atoms with E-state index in [1.165, 1.54) is 71.0 Å². The standard InChI is InChI=1S/C42H28N4/c43-25-26-20-22-27(23-21-26)28-14-9-19-39(44-35-15-5-1-10-29(28)35)46-37-17-7-3-12-31(37)34-24-33-30-11-2-6-16-36(30)45-38-18-8-4-13-32(38)40(41(33)45)42(34)46/h1-8,10-13,15-18,20-24,28H,9,14,19H2. The van der Waals surface area contributed by atoms with Crippen LogP contribution >= 0.6 is 0 Å². The van der Waals surface area contributed by atoms with E-state index in [4.69, 9.17) is 4.99 Å². The molecule has 0 aliphatic carbocycles. The zero-order chi connectivity index (χ0) is 30.4. The average Bonchev–Trinajstić information content (AvgIpc) is 3.73. The van der Waals surface area contributed by atoms with E-state index < -0.39 is 0 Å². The van der Waals surface area contributed by atoms with Crippen LogP contribution in [0.1, 0.15) is 41.9 Å². The van der Waals surface area contributed by atoms with Crippen LogP contribution in [0.15, 0.2) is 132 Å². The zero-order valence-corrected chi connectivity index (χ0v) is 25.1. The second kappa shape index (κ2) is 9.54. The highest BCUT2D eigenvalue weighted by Crippen LogP contribution is 2.46. The number of hydrogen-bond donors (Lipinski definition) is 0. The lowest BCUT2D eigenvalue weighted by Crippen LogP contribution is -2.15. The zero-order valence-electron chi connectivity index (χ0n) is 25.1. The van der Waals surface area contributed by atoms with Gasteiger partial charge in [0.2, 0.25) is 0 Å². The van der Waals surface area contributed by atoms with Crippen LogP contribution < -0.4 is 0 Å². The molecule has 0 fully saturated rings. The van der Waals surface area contributed by atoms with Gasteiger partial charge in [0.25, 0.3) is 0 Å². The first-order valence-corrected chi connectivity index (χ1v) is 16.1. The minimum absolute atomic E-state index is 0.229. The van der Waals surface area contributed by atoms with E-state index in [0.717, 1.165) is 30.8 Å². The Kier molecular flexibility index (Phi) is 5.27. The Bertz CT molecular complexity index is 2730. The molecule has 46 heavy (non-hydrogen) atoms. The van der Waals surface area contributed by atoms with Crippen molar-refractivity contribution in [3.8, 4) is 6.07 Å². The number of nitrogens with zero attached hydrogens (tertiary/aromatic N) is 4. The molecule has 0 N–H and O–H groups in total. The first-order chi connectivity index (χ1) is 22.8. The topological polar surface area (TPSA) is 45.5 Å². The van der Waals surface area contributed by atoms with E-state index in [2.05, 4.69) is 130 Å². The third-order valence-corrected chi connectivity index (χ3v) is 10.2. The average molecular weight is 589 g/mol. The summed E-state index contributed by atoms with van der Waals surface area (Å²) in [5.41, 5.74) is 10.4. The molecule has 1 aliphatic rings. The van der Waals surface area contributed by atoms with Crippen LogP contribution in [0.25, 0.3) is 59.9 Å². The first-order valence-electron chi connectivity index (χ1n) is 16.1. The number of aliphatic imine (C=N–C) groups is 1. The number of fused-ring (bicyclic) bond motifs is 11. The van der Waals surface area contributed by atoms with Gasteiger partial charge in [0.05, 0.1) is 44.9 Å². The molecule has 0 amide bonds. The third-order valence-electron chi connectivity index (χ3n) is 10.2. The van der Waals surface area contributed by atoms with Gasteiger partial charge in [0.15, 0.2) is 0 Å². The van der Waals surface area contributed by atoms with Crippen LogP contribution in [0.5, 0.6) is 0 Å². The van der Waals surface area contributed by atoms with Crippen molar-refractivity contribution < 1.29 is 0 Å². The van der Waals surface area contributed by atoms with Gasteiger partial charge in [-0.2, -0.15) is 5.26 Å². The smallest absolute Gasteiger partial charge is 0.114 e. The van der Waals surface area contributed by atoms with Gasteiger partial charge in [-0.25, -0.2) is 4.99 Å². The normalized spacial score (nSPS) is 15.5. The molecule has 3 aromatic heterocycles. The summed E-state index contributed by atoms with van der Waals surface area (Å²) in [5.74, 6) is 1.31. The van der Waals surface area contributed by atoms with Crippen molar-refractivity contribution in [1.82, 2.24) is 8.97 Å². The predicted octanol–water partition coefficient (Wildman–Crippen LogP) is 10.7. The summed E-state index contributed by atoms with van der Waals surface area (Å²) in [6.45, 7) is 0. The van der Waals surface area contributed by atoms with Gasteiger partial charge in [-0.05, 0) is 66.4 Å². The van der Waals surface area contributed by atoms with E-state index in [1.807, 2.05) is 12.1 Å². The van der Waals surface area contributed by atoms with Gasteiger partial charge in [-0.15, -0.1) is 0 Å². The molecule has 216 valence electrons. The third kappa shape index (κ3) is 3.40. The minimum Gasteiger partial charge on any atom is -0.308 e. The largest absolute Gasteiger partial charge is 0.308 e. The Morgan fingerprint density at radius 3 is 2.04 bits per heavy atom. The fourth-order valence-corrected chi connectivity index (χ4v) is 8.22. The van der Waals surface area contributed by atoms with Crippen LogP contribution in [0.3, 0.4) is 0 Å². The summed E-state index contributed by atoms with van der Waals surface area (Å²) in [7, 11) is 0. The Balaban J connectivity index is 1.31. The van der Waals surface area contributed by atoms with Gasteiger partial charge >= 0.3 is 0 Å². The van der Waals surface area contributed by atoms with Crippen LogP contribution in [0, 0.1) is 11.3 Å². The summed E-state index contributed by atoms with van der Waals surface area (Å²) >= 11 is 0. The molecule has 0 bridgehead atoms. The fraction of sp³-hybridized carbons (Fsp3) is 0.0952. The molecule has 0 saturated carbocycles. The molecule has 9 aromatic rings. The molecule has 4 nitrogen and oxygen atoms in total. The first kappa shape index (κ1) is 25.4. The Morgan fingerprint density at radius 2 is 1.26 bits per heavy atom. The van der Waals surface area contributed by atoms with Crippen molar-refractivity contribution in [1.29, 1.82) is 5.26 Å². The quantitative estimate of drug-likeness (QED) is 0.188. The van der Waals surface area contributed by atoms with Gasteiger partial charge in [0, 0.05) is 44.7 Å². The highest BCUT2D eigenvalue weighted by Gasteiger charge is 2.26. The maximum Gasteiger partial charge on any atom is 0.114 e. The van der Waals surface area contributed by atoms with Crippen LogP contribution in [0.4, 0.5) is 5.69 Å². The molecule has 0 radical (unpaired) electrons. The van der Waals surface area contributed by atoms with Crippen molar-refractivity contribution >= 4 is 71.4 Å². The van der Waals surface area contributed by atoms with Crippen molar-refractivity contribution in [2.24, 2.45) is 4.99 Å². The van der Waals surface area contributed by atoms with Gasteiger partial charge in [0.1, 0.15) is 5.84 Å². The second-order valence-corrected chi connectivity index (χ2v) is 12.5. The summed E-state index contributed by atoms with van der Waals surface area (Å²) < 4.78 is 4.94. The summed E-state index contributed by atoms with van der Waals surface area (Å²) in [4.78, 5) is 5.54. The highest BCUT2D eigenvalue weighted by molar-refractivity contribution is 6.35. The maximum atomic E-state index is 9.37. The van der Waals surface area contributed by atoms with E-state index in [9.17, 15) is 5.26 Å². The number of benzene rings is 6. The molecular formula is C42H28N4. The number of hydrogen-bond acceptors (Lipinski definition) is 2. The van der Waals surface area contributed by atoms with Crippen molar-refractivity contribution in [3.05, 3.63) is 144 Å². The number of para-hydroxylation sites is 4. The van der Waals surface area contributed by atoms with E-state index >= 15 is 0 Å². The van der Waals surface area contributed by atoms with Crippen LogP contribution in [-0.4, -0.2) is 14.8 Å². The molecule has 4 heteroatoms. The highest BCUT2D eigenvalue weighted by atomic mass is 15.1. The van der Waals surface area contributed by atoms with Crippen molar-refractivity contribution in [2.75, 3.05) is 0 Å². The Hall–Kier alpha value is -5.92. The van der Waals surface area contributed by atoms with E-state index in [-0.39, 0.29) is 5.92 Å². The molecule has 0 saturated heterocycles. The maximum absolute atomic E-state index is 9.37. The summed E-state index contributed by atoms with van der Waals surface area (Å²) in [5, 5.41) is 17.0. The number of nitriles is 1. The van der Waals surface area contributed by atoms with Gasteiger partial charge in [-0.1, -0.05) is 84.9 Å². The SMILES string of the molecule is N#Cc1ccc(C2CCCC(n3c4ccccc4c4cc5c6ccccc6n6c7ccccc7c(c43)c56)=Nc3ccccc32)cc1. The lowest BCUT2D eigenvalue weighted by Gasteiger charge is -2.24. The summed E-state index contributed by atoms with van der Waals surface area (Å²) in [6, 6.07) is 47.9. The monoisotopic (exact) mass is 588 g/mol. The molecule has 0 spiro atoms. The Morgan fingerprint density at radius 1 is 0.630 bits per heavy atom. The predicted molar refractivity (Wildman–Crippen MR) is 190 cm³/mol. The molecule has 10 rings (SSSR count). The van der Waals surface area contributed by atoms with Crippen molar-refractivity contribution in [2.45, 2.75) is 25.2 Å². The van der Waals surface area contributed by atoms with Crippen LogP contribution in [0.2, 0.25) is 0 Å². The van der Waals surface area contributed by atoms with Crippen molar-refractivity contribution in [3.63, 3.8) is 0 Å². The summed E-state index contributed by atoms with van der Waals surface area (Å²) in [6.07, 6.45) is 2.87. The fourth-order valence-electron chi connectivity index (χ4n) is 8.22. The minimum atomic E-state index is 0.229. The number of rotatable bonds is 1. The number of aromatic nitrogens is 2. The van der Waals surface area contributed by atoms with E-state index in [1.54, 1.807) is 0 Å². The second-order valence-electron chi connectivity index (χ2n) is 12.5. The molecule has 4 heterocycles. The molecule has 1 atom stereocenters. The molecule has 6 aromatic carbocycles. The Labute approximate surface area is 265 Å². The van der Waals surface area contributed by atoms with Gasteiger partial charge in [-0.3, -0.25) is 4.57 Å². The van der Waals surface area contributed by atoms with Crippen LogP contribution in [-0.2, 0) is 0 Å². The lowest BCUT2D eigenvalue weighted by molar-refractivity contribution is 0.669. The van der Waals surface area contributed by atoms with E-state index in [0.29, 0.717) is 5.56 Å². The lowest BCUT2D eigenvalue weighted by atomic mass is 9.85. The molecule has 1 unspecified atom stereocenters. The molecular weight excluding hydrogens is 560 g/mol. The molecule has 1 aliphatic heterocycles. The van der Waals surface area contributed by atoms with Gasteiger partial charge < -0.3 is 4.40 Å².